The highest BCUT2D eigenvalue weighted by molar-refractivity contribution is 5.99. The van der Waals surface area contributed by atoms with Gasteiger partial charge in [0.25, 0.3) is 0 Å². The SMILES string of the molecule is Nc1nc(-c2cccc3ccccc23)cc2cnccc12. The topological polar surface area (TPSA) is 51.8 Å². The molecule has 0 bridgehead atoms. The van der Waals surface area contributed by atoms with Gasteiger partial charge in [-0.3, -0.25) is 4.98 Å². The number of fused-ring (bicyclic) bond motifs is 2. The lowest BCUT2D eigenvalue weighted by molar-refractivity contribution is 1.33. The van der Waals surface area contributed by atoms with Crippen molar-refractivity contribution < 1.29 is 0 Å². The summed E-state index contributed by atoms with van der Waals surface area (Å²) in [4.78, 5) is 8.74. The fourth-order valence-corrected chi connectivity index (χ4v) is 2.71. The number of hydrogen-bond acceptors (Lipinski definition) is 3. The van der Waals surface area contributed by atoms with E-state index in [1.807, 2.05) is 36.5 Å². The monoisotopic (exact) mass is 271 g/mol. The van der Waals surface area contributed by atoms with Gasteiger partial charge in [-0.25, -0.2) is 4.98 Å². The van der Waals surface area contributed by atoms with Gasteiger partial charge in [0.15, 0.2) is 0 Å². The van der Waals surface area contributed by atoms with Gasteiger partial charge in [0.1, 0.15) is 5.82 Å². The molecule has 2 heterocycles. The van der Waals surface area contributed by atoms with Crippen molar-refractivity contribution >= 4 is 27.4 Å². The fraction of sp³-hybridized carbons (Fsp3) is 0. The van der Waals surface area contributed by atoms with Crippen LogP contribution in [-0.4, -0.2) is 9.97 Å². The molecule has 3 heteroatoms. The Hall–Kier alpha value is -2.94. The quantitative estimate of drug-likeness (QED) is 0.568. The molecule has 100 valence electrons. The molecule has 0 atom stereocenters. The summed E-state index contributed by atoms with van der Waals surface area (Å²) >= 11 is 0. The number of aromatic nitrogens is 2. The molecule has 0 aliphatic rings. The van der Waals surface area contributed by atoms with Crippen LogP contribution in [0.2, 0.25) is 0 Å². The van der Waals surface area contributed by atoms with Gasteiger partial charge >= 0.3 is 0 Å². The van der Waals surface area contributed by atoms with Crippen molar-refractivity contribution in [3.63, 3.8) is 0 Å². The molecule has 2 aromatic carbocycles. The standard InChI is InChI=1S/C18H13N3/c19-18-15-8-9-20-11-13(15)10-17(21-18)16-7-3-5-12-4-1-2-6-14(12)16/h1-11H,(H2,19,21). The van der Waals surface area contributed by atoms with E-state index < -0.39 is 0 Å². The van der Waals surface area contributed by atoms with Crippen LogP contribution in [0.5, 0.6) is 0 Å². The van der Waals surface area contributed by atoms with Gasteiger partial charge < -0.3 is 5.73 Å². The van der Waals surface area contributed by atoms with Crippen LogP contribution < -0.4 is 5.73 Å². The smallest absolute Gasteiger partial charge is 0.132 e. The molecule has 0 aliphatic carbocycles. The van der Waals surface area contributed by atoms with Crippen molar-refractivity contribution in [2.75, 3.05) is 5.73 Å². The number of rotatable bonds is 1. The van der Waals surface area contributed by atoms with Crippen LogP contribution in [0.25, 0.3) is 32.8 Å². The van der Waals surface area contributed by atoms with Gasteiger partial charge in [0, 0.05) is 28.7 Å². The highest BCUT2D eigenvalue weighted by atomic mass is 14.8. The lowest BCUT2D eigenvalue weighted by Crippen LogP contribution is -1.95. The van der Waals surface area contributed by atoms with E-state index >= 15 is 0 Å². The molecular weight excluding hydrogens is 258 g/mol. The molecule has 4 aromatic rings. The predicted molar refractivity (Wildman–Crippen MR) is 86.9 cm³/mol. The lowest BCUT2D eigenvalue weighted by Gasteiger charge is -2.09. The number of nitrogens with two attached hydrogens (primary N) is 1. The molecule has 0 radical (unpaired) electrons. The van der Waals surface area contributed by atoms with Gasteiger partial charge in [-0.15, -0.1) is 0 Å². The zero-order valence-corrected chi connectivity index (χ0v) is 11.3. The summed E-state index contributed by atoms with van der Waals surface area (Å²) < 4.78 is 0. The summed E-state index contributed by atoms with van der Waals surface area (Å²) in [5.74, 6) is 0.540. The molecule has 0 unspecified atom stereocenters. The third kappa shape index (κ3) is 1.91. The van der Waals surface area contributed by atoms with Crippen molar-refractivity contribution in [1.29, 1.82) is 0 Å². The maximum absolute atomic E-state index is 6.10. The third-order valence-corrected chi connectivity index (χ3v) is 3.73. The molecule has 2 aromatic heterocycles. The van der Waals surface area contributed by atoms with E-state index in [1.165, 1.54) is 10.8 Å². The Morgan fingerprint density at radius 1 is 0.810 bits per heavy atom. The van der Waals surface area contributed by atoms with Gasteiger partial charge in [0.05, 0.1) is 5.69 Å². The molecule has 0 saturated heterocycles. The van der Waals surface area contributed by atoms with Gasteiger partial charge in [-0.2, -0.15) is 0 Å². The minimum atomic E-state index is 0.540. The van der Waals surface area contributed by atoms with E-state index in [0.717, 1.165) is 22.0 Å². The van der Waals surface area contributed by atoms with Crippen molar-refractivity contribution in [1.82, 2.24) is 9.97 Å². The number of anilines is 1. The molecule has 4 rings (SSSR count). The Morgan fingerprint density at radius 3 is 2.62 bits per heavy atom. The van der Waals surface area contributed by atoms with Crippen molar-refractivity contribution in [2.45, 2.75) is 0 Å². The van der Waals surface area contributed by atoms with Crippen molar-refractivity contribution in [2.24, 2.45) is 0 Å². The number of pyridine rings is 2. The summed E-state index contributed by atoms with van der Waals surface area (Å²) in [6.45, 7) is 0. The van der Waals surface area contributed by atoms with E-state index in [0.29, 0.717) is 5.82 Å². The highest BCUT2D eigenvalue weighted by Crippen LogP contribution is 2.30. The van der Waals surface area contributed by atoms with Crippen LogP contribution in [0.4, 0.5) is 5.82 Å². The highest BCUT2D eigenvalue weighted by Gasteiger charge is 2.08. The number of nitrogen functional groups attached to an aromatic ring is 1. The van der Waals surface area contributed by atoms with Crippen molar-refractivity contribution in [3.05, 3.63) is 67.0 Å². The fourth-order valence-electron chi connectivity index (χ4n) is 2.71. The lowest BCUT2D eigenvalue weighted by atomic mass is 10.0. The molecule has 0 amide bonds. The predicted octanol–water partition coefficient (Wildman–Crippen LogP) is 4.03. The average Bonchev–Trinajstić information content (AvgIpc) is 2.54. The minimum Gasteiger partial charge on any atom is -0.383 e. The second-order valence-electron chi connectivity index (χ2n) is 5.02. The Labute approximate surface area is 122 Å². The first-order chi connectivity index (χ1) is 10.3. The first-order valence-electron chi connectivity index (χ1n) is 6.81. The average molecular weight is 271 g/mol. The number of benzene rings is 2. The van der Waals surface area contributed by atoms with Gasteiger partial charge in [-0.05, 0) is 22.9 Å². The van der Waals surface area contributed by atoms with Gasteiger partial charge in [0.2, 0.25) is 0 Å². The molecule has 0 fully saturated rings. The first-order valence-corrected chi connectivity index (χ1v) is 6.81. The minimum absolute atomic E-state index is 0.540. The first kappa shape index (κ1) is 11.9. The zero-order valence-electron chi connectivity index (χ0n) is 11.3. The van der Waals surface area contributed by atoms with E-state index in [2.05, 4.69) is 34.2 Å². The van der Waals surface area contributed by atoms with Crippen LogP contribution >= 0.6 is 0 Å². The number of hydrogen-bond donors (Lipinski definition) is 1. The van der Waals surface area contributed by atoms with Crippen LogP contribution in [0.1, 0.15) is 0 Å². The molecule has 21 heavy (non-hydrogen) atoms. The Bertz CT molecular complexity index is 955. The molecular formula is C18H13N3. The second-order valence-corrected chi connectivity index (χ2v) is 5.02. The van der Waals surface area contributed by atoms with Gasteiger partial charge in [-0.1, -0.05) is 42.5 Å². The second kappa shape index (κ2) is 4.56. The Kier molecular flexibility index (Phi) is 2.57. The number of nitrogens with zero attached hydrogens (tertiary/aromatic N) is 2. The summed E-state index contributed by atoms with van der Waals surface area (Å²) in [6, 6.07) is 18.4. The van der Waals surface area contributed by atoms with Crippen LogP contribution in [0.3, 0.4) is 0 Å². The molecule has 0 aliphatic heterocycles. The summed E-state index contributed by atoms with van der Waals surface area (Å²) in [5.41, 5.74) is 8.07. The Balaban J connectivity index is 2.05. The van der Waals surface area contributed by atoms with Crippen LogP contribution in [0.15, 0.2) is 67.0 Å². The third-order valence-electron chi connectivity index (χ3n) is 3.73. The van der Waals surface area contributed by atoms with E-state index in [1.54, 1.807) is 6.20 Å². The Morgan fingerprint density at radius 2 is 1.67 bits per heavy atom. The van der Waals surface area contributed by atoms with E-state index in [9.17, 15) is 0 Å². The maximum atomic E-state index is 6.10. The van der Waals surface area contributed by atoms with E-state index in [4.69, 9.17) is 5.73 Å². The summed E-state index contributed by atoms with van der Waals surface area (Å²) in [7, 11) is 0. The molecule has 0 spiro atoms. The largest absolute Gasteiger partial charge is 0.383 e. The van der Waals surface area contributed by atoms with E-state index in [-0.39, 0.29) is 0 Å². The summed E-state index contributed by atoms with van der Waals surface area (Å²) in [6.07, 6.45) is 3.56. The van der Waals surface area contributed by atoms with Crippen LogP contribution in [-0.2, 0) is 0 Å². The summed E-state index contributed by atoms with van der Waals surface area (Å²) in [5, 5.41) is 4.32. The van der Waals surface area contributed by atoms with Crippen LogP contribution in [0, 0.1) is 0 Å². The van der Waals surface area contributed by atoms with Crippen molar-refractivity contribution in [3.8, 4) is 11.3 Å². The normalized spacial score (nSPS) is 11.0. The maximum Gasteiger partial charge on any atom is 0.132 e. The molecule has 0 saturated carbocycles. The molecule has 3 nitrogen and oxygen atoms in total. The zero-order chi connectivity index (χ0) is 14.2. The molecule has 2 N–H and O–H groups in total.